The molecule has 5 rings (SSSR count). The van der Waals surface area contributed by atoms with Crippen molar-refractivity contribution in [3.05, 3.63) is 99.6 Å². The van der Waals surface area contributed by atoms with Crippen LogP contribution in [-0.2, 0) is 10.4 Å². The Labute approximate surface area is 219 Å². The second-order valence-electron chi connectivity index (χ2n) is 9.90. The number of halogens is 3. The van der Waals surface area contributed by atoms with Crippen molar-refractivity contribution in [3.63, 3.8) is 0 Å². The molecule has 0 spiro atoms. The maximum absolute atomic E-state index is 14.7. The lowest BCUT2D eigenvalue weighted by Crippen LogP contribution is -2.45. The summed E-state index contributed by atoms with van der Waals surface area (Å²) in [5.74, 6) is -3.08. The Kier molecular flexibility index (Phi) is 6.77. The highest BCUT2D eigenvalue weighted by Crippen LogP contribution is 2.46. The first kappa shape index (κ1) is 25.4. The highest BCUT2D eigenvalue weighted by atomic mass is 35.5. The number of aliphatic hydroxyl groups is 1. The molecule has 192 valence electrons. The molecule has 2 amide bonds. The molecule has 0 saturated heterocycles. The number of aryl methyl sites for hydroxylation is 1. The molecule has 2 N–H and O–H groups in total. The van der Waals surface area contributed by atoms with Gasteiger partial charge in [-0.3, -0.25) is 9.59 Å². The second-order valence-corrected chi connectivity index (χ2v) is 10.3. The number of hydrogen-bond acceptors (Lipinski definition) is 3. The zero-order valence-electron chi connectivity index (χ0n) is 20.3. The maximum Gasteiger partial charge on any atom is 0.268 e. The zero-order valence-corrected chi connectivity index (χ0v) is 21.1. The fraction of sp³-hybridized carbons (Fsp3) is 0.310. The van der Waals surface area contributed by atoms with Crippen LogP contribution in [0, 0.1) is 24.5 Å². The third kappa shape index (κ3) is 4.51. The van der Waals surface area contributed by atoms with Gasteiger partial charge in [-0.1, -0.05) is 48.0 Å². The first-order chi connectivity index (χ1) is 17.7. The first-order valence-corrected chi connectivity index (χ1v) is 12.7. The number of carbonyl (C=O) groups is 2. The van der Waals surface area contributed by atoms with Crippen LogP contribution in [0.4, 0.5) is 14.5 Å². The van der Waals surface area contributed by atoms with Crippen molar-refractivity contribution in [1.29, 1.82) is 0 Å². The van der Waals surface area contributed by atoms with Crippen LogP contribution in [0.5, 0.6) is 0 Å². The van der Waals surface area contributed by atoms with Crippen molar-refractivity contribution in [3.8, 4) is 0 Å². The van der Waals surface area contributed by atoms with E-state index in [-0.39, 0.29) is 23.4 Å². The summed E-state index contributed by atoms with van der Waals surface area (Å²) >= 11 is 6.06. The maximum atomic E-state index is 14.7. The molecule has 0 aromatic heterocycles. The molecule has 2 aliphatic rings. The van der Waals surface area contributed by atoms with E-state index in [1.165, 1.54) is 17.0 Å². The van der Waals surface area contributed by atoms with Crippen LogP contribution in [0.2, 0.25) is 5.02 Å². The van der Waals surface area contributed by atoms with Gasteiger partial charge in [0.2, 0.25) is 0 Å². The smallest absolute Gasteiger partial charge is 0.268 e. The fourth-order valence-electron chi connectivity index (χ4n) is 5.51. The standard InChI is InChI=1S/C29H27ClF2N2O3/c1-17-9-12-19(30)15-21(17)27(35)33-20-13-10-18(11-14-20)16-34-25-8-3-2-5-22(25)29(37,28(34)36)23-6-4-7-24(31)26(23)32/h2-9,12,15,18,20,37H,10-11,13-14,16H2,1H3,(H,33,35)/t18-,20-,29?. The third-order valence-electron chi connectivity index (χ3n) is 7.55. The minimum atomic E-state index is -2.30. The molecule has 1 fully saturated rings. The van der Waals surface area contributed by atoms with Crippen LogP contribution in [0.25, 0.3) is 0 Å². The van der Waals surface area contributed by atoms with Crippen LogP contribution < -0.4 is 10.2 Å². The second kappa shape index (κ2) is 9.88. The van der Waals surface area contributed by atoms with Crippen LogP contribution in [0.15, 0.2) is 60.7 Å². The minimum Gasteiger partial charge on any atom is -0.372 e. The van der Waals surface area contributed by atoms with Crippen molar-refractivity contribution in [1.82, 2.24) is 5.32 Å². The van der Waals surface area contributed by atoms with Crippen LogP contribution in [-0.4, -0.2) is 29.5 Å². The highest BCUT2D eigenvalue weighted by molar-refractivity contribution is 6.31. The number of nitrogens with zero attached hydrogens (tertiary/aromatic N) is 1. The number of anilines is 1. The molecule has 0 bridgehead atoms. The van der Waals surface area contributed by atoms with E-state index in [4.69, 9.17) is 11.6 Å². The summed E-state index contributed by atoms with van der Waals surface area (Å²) < 4.78 is 28.7. The molecule has 1 aliphatic carbocycles. The van der Waals surface area contributed by atoms with E-state index in [1.807, 2.05) is 13.0 Å². The summed E-state index contributed by atoms with van der Waals surface area (Å²) in [4.78, 5) is 27.8. The Morgan fingerprint density at radius 3 is 2.51 bits per heavy atom. The van der Waals surface area contributed by atoms with Crippen molar-refractivity contribution < 1.29 is 23.5 Å². The lowest BCUT2D eigenvalue weighted by molar-refractivity contribution is -0.132. The molecule has 1 heterocycles. The van der Waals surface area contributed by atoms with Gasteiger partial charge in [-0.2, -0.15) is 0 Å². The molecular formula is C29H27ClF2N2O3. The Morgan fingerprint density at radius 1 is 1.05 bits per heavy atom. The molecule has 5 nitrogen and oxygen atoms in total. The molecule has 3 aromatic carbocycles. The third-order valence-corrected chi connectivity index (χ3v) is 7.78. The lowest BCUT2D eigenvalue weighted by Gasteiger charge is -2.32. The van der Waals surface area contributed by atoms with Crippen molar-refractivity contribution in [2.75, 3.05) is 11.4 Å². The Morgan fingerprint density at radius 2 is 1.76 bits per heavy atom. The van der Waals surface area contributed by atoms with Crippen molar-refractivity contribution >= 4 is 29.1 Å². The summed E-state index contributed by atoms with van der Waals surface area (Å²) in [6.07, 6.45) is 3.00. The summed E-state index contributed by atoms with van der Waals surface area (Å²) in [7, 11) is 0. The Balaban J connectivity index is 1.29. The van der Waals surface area contributed by atoms with Gasteiger partial charge >= 0.3 is 0 Å². The van der Waals surface area contributed by atoms with Crippen molar-refractivity contribution in [2.45, 2.75) is 44.2 Å². The first-order valence-electron chi connectivity index (χ1n) is 12.4. The fourth-order valence-corrected chi connectivity index (χ4v) is 5.68. The van der Waals surface area contributed by atoms with E-state index < -0.39 is 28.7 Å². The number of carbonyl (C=O) groups excluding carboxylic acids is 2. The van der Waals surface area contributed by atoms with E-state index in [2.05, 4.69) is 5.32 Å². The Bertz CT molecular complexity index is 1370. The highest BCUT2D eigenvalue weighted by Gasteiger charge is 2.52. The number of fused-ring (bicyclic) bond motifs is 1. The van der Waals surface area contributed by atoms with Gasteiger partial charge in [0.25, 0.3) is 11.8 Å². The van der Waals surface area contributed by atoms with Crippen LogP contribution in [0.1, 0.15) is 52.7 Å². The monoisotopic (exact) mass is 524 g/mol. The molecule has 8 heteroatoms. The normalized spacial score (nSPS) is 23.2. The number of rotatable bonds is 5. The molecule has 0 radical (unpaired) electrons. The molecule has 37 heavy (non-hydrogen) atoms. The molecule has 3 aromatic rings. The van der Waals surface area contributed by atoms with E-state index in [9.17, 15) is 23.5 Å². The van der Waals surface area contributed by atoms with Gasteiger partial charge in [0, 0.05) is 34.3 Å². The number of amides is 2. The van der Waals surface area contributed by atoms with Gasteiger partial charge in [0.05, 0.1) is 5.69 Å². The summed E-state index contributed by atoms with van der Waals surface area (Å²) in [6, 6.07) is 15.4. The number of nitrogens with one attached hydrogen (secondary N) is 1. The number of para-hydroxylation sites is 1. The molecule has 1 atom stereocenters. The minimum absolute atomic E-state index is 0.00187. The van der Waals surface area contributed by atoms with Crippen LogP contribution in [0.3, 0.4) is 0 Å². The van der Waals surface area contributed by atoms with Gasteiger partial charge in [-0.25, -0.2) is 8.78 Å². The van der Waals surface area contributed by atoms with Crippen molar-refractivity contribution in [2.24, 2.45) is 5.92 Å². The predicted octanol–water partition coefficient (Wildman–Crippen LogP) is 5.50. The summed E-state index contributed by atoms with van der Waals surface area (Å²) in [5, 5.41) is 15.1. The van der Waals surface area contributed by atoms with Gasteiger partial charge in [0.15, 0.2) is 17.2 Å². The SMILES string of the molecule is Cc1ccc(Cl)cc1C(=O)N[C@H]1CC[C@H](CN2C(=O)C(O)(c3cccc(F)c3F)c3ccccc32)CC1. The van der Waals surface area contributed by atoms with E-state index in [1.54, 1.807) is 36.4 Å². The van der Waals surface area contributed by atoms with E-state index in [0.29, 0.717) is 22.8 Å². The predicted molar refractivity (Wildman–Crippen MR) is 138 cm³/mol. The van der Waals surface area contributed by atoms with Gasteiger partial charge in [-0.05, 0) is 68.4 Å². The van der Waals surface area contributed by atoms with E-state index in [0.717, 1.165) is 37.3 Å². The van der Waals surface area contributed by atoms with Gasteiger partial charge in [-0.15, -0.1) is 0 Å². The molecular weight excluding hydrogens is 498 g/mol. The Hall–Kier alpha value is -3.29. The molecule has 1 aliphatic heterocycles. The average Bonchev–Trinajstić information content (AvgIpc) is 3.10. The topological polar surface area (TPSA) is 69.6 Å². The zero-order chi connectivity index (χ0) is 26.3. The molecule has 1 saturated carbocycles. The summed E-state index contributed by atoms with van der Waals surface area (Å²) in [5.41, 5.74) is -0.562. The van der Waals surface area contributed by atoms with E-state index >= 15 is 0 Å². The lowest BCUT2D eigenvalue weighted by atomic mass is 9.85. The summed E-state index contributed by atoms with van der Waals surface area (Å²) in [6.45, 7) is 2.20. The number of hydrogen-bond donors (Lipinski definition) is 2. The number of benzene rings is 3. The molecule has 1 unspecified atom stereocenters. The quantitative estimate of drug-likeness (QED) is 0.463. The van der Waals surface area contributed by atoms with Crippen LogP contribution >= 0.6 is 11.6 Å². The van der Waals surface area contributed by atoms with Gasteiger partial charge < -0.3 is 15.3 Å². The average molecular weight is 525 g/mol. The van der Waals surface area contributed by atoms with Gasteiger partial charge in [0.1, 0.15) is 0 Å². The largest absolute Gasteiger partial charge is 0.372 e.